The summed E-state index contributed by atoms with van der Waals surface area (Å²) in [7, 11) is -4.20. The highest BCUT2D eigenvalue weighted by Crippen LogP contribution is 2.27. The minimum absolute atomic E-state index is 0.0339. The second-order valence-corrected chi connectivity index (χ2v) is 12.1. The first kappa shape index (κ1) is 31.3. The first-order chi connectivity index (χ1) is 18.9. The molecule has 1 N–H and O–H groups in total. The highest BCUT2D eigenvalue weighted by Gasteiger charge is 2.32. The molecule has 3 aromatic rings. The monoisotopic (exact) mass is 605 g/mol. The number of carbonyl (C=O) groups excluding carboxylic acids is 2. The molecule has 0 bridgehead atoms. The van der Waals surface area contributed by atoms with Crippen LogP contribution in [0.3, 0.4) is 0 Å². The third kappa shape index (κ3) is 8.13. The molecule has 0 aliphatic rings. The van der Waals surface area contributed by atoms with E-state index in [-0.39, 0.29) is 29.1 Å². The summed E-state index contributed by atoms with van der Waals surface area (Å²) in [6.07, 6.45) is 0. The summed E-state index contributed by atoms with van der Waals surface area (Å²) in [5.74, 6) is -0.358. The van der Waals surface area contributed by atoms with Gasteiger partial charge in [0.2, 0.25) is 11.8 Å². The van der Waals surface area contributed by atoms with Gasteiger partial charge < -0.3 is 15.0 Å². The Balaban J connectivity index is 2.02. The minimum Gasteiger partial charge on any atom is -0.494 e. The largest absolute Gasteiger partial charge is 0.494 e. The molecular weight excluding hydrogens is 573 g/mol. The van der Waals surface area contributed by atoms with Crippen molar-refractivity contribution in [2.75, 3.05) is 17.5 Å². The molecule has 3 aromatic carbocycles. The van der Waals surface area contributed by atoms with Crippen molar-refractivity contribution in [2.24, 2.45) is 0 Å². The van der Waals surface area contributed by atoms with Gasteiger partial charge in [0.25, 0.3) is 10.0 Å². The van der Waals surface area contributed by atoms with E-state index in [4.69, 9.17) is 27.9 Å². The molecule has 0 unspecified atom stereocenters. The molecule has 40 heavy (non-hydrogen) atoms. The van der Waals surface area contributed by atoms with E-state index in [1.165, 1.54) is 29.2 Å². The van der Waals surface area contributed by atoms with Gasteiger partial charge in [-0.3, -0.25) is 13.9 Å². The summed E-state index contributed by atoms with van der Waals surface area (Å²) in [5.41, 5.74) is 0.993. The summed E-state index contributed by atoms with van der Waals surface area (Å²) < 4.78 is 34.2. The van der Waals surface area contributed by atoms with E-state index < -0.39 is 28.5 Å². The van der Waals surface area contributed by atoms with Gasteiger partial charge in [0.1, 0.15) is 18.3 Å². The molecule has 0 saturated carbocycles. The molecule has 0 spiro atoms. The third-order valence-corrected chi connectivity index (χ3v) is 8.27. The Morgan fingerprint density at radius 1 is 0.875 bits per heavy atom. The predicted octanol–water partition coefficient (Wildman–Crippen LogP) is 5.53. The van der Waals surface area contributed by atoms with Gasteiger partial charge in [0.05, 0.1) is 17.2 Å². The van der Waals surface area contributed by atoms with E-state index in [1.807, 2.05) is 20.8 Å². The van der Waals surface area contributed by atoms with Crippen molar-refractivity contribution in [1.29, 1.82) is 0 Å². The number of halogens is 2. The van der Waals surface area contributed by atoms with Crippen LogP contribution >= 0.6 is 23.2 Å². The molecule has 0 saturated heterocycles. The number of amides is 2. The molecule has 2 amide bonds. The van der Waals surface area contributed by atoms with E-state index in [0.717, 1.165) is 9.87 Å². The third-order valence-electron chi connectivity index (χ3n) is 5.98. The Morgan fingerprint density at radius 3 is 1.95 bits per heavy atom. The lowest BCUT2D eigenvalue weighted by Gasteiger charge is -2.32. The van der Waals surface area contributed by atoms with Crippen molar-refractivity contribution in [3.05, 3.63) is 88.4 Å². The zero-order valence-electron chi connectivity index (χ0n) is 22.8. The van der Waals surface area contributed by atoms with Crippen molar-refractivity contribution in [3.8, 4) is 5.75 Å². The molecule has 11 heteroatoms. The fourth-order valence-electron chi connectivity index (χ4n) is 3.91. The van der Waals surface area contributed by atoms with E-state index in [9.17, 15) is 18.0 Å². The molecule has 3 rings (SSSR count). The van der Waals surface area contributed by atoms with E-state index in [1.54, 1.807) is 55.5 Å². The number of nitrogens with one attached hydrogen (secondary N) is 1. The van der Waals surface area contributed by atoms with Gasteiger partial charge >= 0.3 is 0 Å². The Hall–Kier alpha value is -3.27. The number of rotatable bonds is 12. The highest BCUT2D eigenvalue weighted by atomic mass is 35.5. The fraction of sp³-hybridized carbons (Fsp3) is 0.310. The van der Waals surface area contributed by atoms with Crippen LogP contribution in [0, 0.1) is 0 Å². The summed E-state index contributed by atoms with van der Waals surface area (Å²) in [6, 6.07) is 18.0. The van der Waals surface area contributed by atoms with E-state index in [2.05, 4.69) is 5.32 Å². The normalized spacial score (nSPS) is 12.1. The average Bonchev–Trinajstić information content (AvgIpc) is 2.91. The van der Waals surface area contributed by atoms with Crippen LogP contribution in [-0.4, -0.2) is 50.4 Å². The van der Waals surface area contributed by atoms with Crippen LogP contribution in [0.2, 0.25) is 10.0 Å². The summed E-state index contributed by atoms with van der Waals surface area (Å²) in [4.78, 5) is 28.2. The first-order valence-corrected chi connectivity index (χ1v) is 15.0. The van der Waals surface area contributed by atoms with Crippen molar-refractivity contribution in [3.63, 3.8) is 0 Å². The molecule has 0 aliphatic heterocycles. The summed E-state index contributed by atoms with van der Waals surface area (Å²) in [6.45, 7) is 7.06. The van der Waals surface area contributed by atoms with E-state index in [0.29, 0.717) is 22.4 Å². The SMILES string of the molecule is CCOc1ccc(N(CC(=O)N(Cc2ccc(Cl)cc2)[C@H](C)C(=O)NC(C)C)S(=O)(=O)c2ccc(Cl)cc2)cc1. The quantitative estimate of drug-likeness (QED) is 0.293. The smallest absolute Gasteiger partial charge is 0.264 e. The second kappa shape index (κ2) is 13.9. The van der Waals surface area contributed by atoms with Crippen LogP contribution in [0.4, 0.5) is 5.69 Å². The lowest BCUT2D eigenvalue weighted by molar-refractivity contribution is -0.139. The number of ether oxygens (including phenoxy) is 1. The second-order valence-electron chi connectivity index (χ2n) is 9.38. The van der Waals surface area contributed by atoms with Crippen LogP contribution in [0.25, 0.3) is 0 Å². The molecule has 1 atom stereocenters. The molecule has 0 aliphatic carbocycles. The number of benzene rings is 3. The maximum absolute atomic E-state index is 13.9. The van der Waals surface area contributed by atoms with Crippen molar-refractivity contribution in [1.82, 2.24) is 10.2 Å². The standard InChI is InChI=1S/C29H33Cl2N3O5S/c1-5-39-26-14-12-25(13-15-26)34(40(37,38)27-16-10-24(31)11-17-27)19-28(35)33(21(4)29(36)32-20(2)3)18-22-6-8-23(30)9-7-22/h6-17,20-21H,5,18-19H2,1-4H3,(H,32,36)/t21-/m1/s1. The molecule has 0 radical (unpaired) electrons. The van der Waals surface area contributed by atoms with Gasteiger partial charge in [0, 0.05) is 22.6 Å². The lowest BCUT2D eigenvalue weighted by Crippen LogP contribution is -2.52. The maximum atomic E-state index is 13.9. The molecule has 0 aromatic heterocycles. The number of anilines is 1. The maximum Gasteiger partial charge on any atom is 0.264 e. The van der Waals surface area contributed by atoms with Gasteiger partial charge in [-0.25, -0.2) is 8.42 Å². The zero-order chi connectivity index (χ0) is 29.4. The van der Waals surface area contributed by atoms with Crippen LogP contribution < -0.4 is 14.4 Å². The number of nitrogens with zero attached hydrogens (tertiary/aromatic N) is 2. The van der Waals surface area contributed by atoms with Crippen molar-refractivity contribution in [2.45, 2.75) is 51.2 Å². The van der Waals surface area contributed by atoms with Crippen LogP contribution in [-0.2, 0) is 26.2 Å². The fourth-order valence-corrected chi connectivity index (χ4v) is 5.58. The predicted molar refractivity (Wildman–Crippen MR) is 158 cm³/mol. The van der Waals surface area contributed by atoms with Crippen LogP contribution in [0.1, 0.15) is 33.3 Å². The van der Waals surface area contributed by atoms with Crippen LogP contribution in [0.5, 0.6) is 5.75 Å². The minimum atomic E-state index is -4.20. The molecule has 0 heterocycles. The van der Waals surface area contributed by atoms with Gasteiger partial charge in [-0.2, -0.15) is 0 Å². The summed E-state index contributed by atoms with van der Waals surface area (Å²) >= 11 is 12.0. The highest BCUT2D eigenvalue weighted by molar-refractivity contribution is 7.92. The molecule has 8 nitrogen and oxygen atoms in total. The van der Waals surface area contributed by atoms with Crippen LogP contribution in [0.15, 0.2) is 77.7 Å². The number of carbonyl (C=O) groups is 2. The Kier molecular flexibility index (Phi) is 10.8. The molecule has 0 fully saturated rings. The van der Waals surface area contributed by atoms with Crippen molar-refractivity contribution >= 4 is 50.7 Å². The Bertz CT molecular complexity index is 1400. The number of hydrogen-bond acceptors (Lipinski definition) is 5. The van der Waals surface area contributed by atoms with Gasteiger partial charge in [-0.15, -0.1) is 0 Å². The molecule has 214 valence electrons. The topological polar surface area (TPSA) is 96.0 Å². The van der Waals surface area contributed by atoms with Gasteiger partial charge in [-0.05, 0) is 93.9 Å². The zero-order valence-corrected chi connectivity index (χ0v) is 25.1. The Labute approximate surface area is 245 Å². The Morgan fingerprint density at radius 2 is 1.43 bits per heavy atom. The van der Waals surface area contributed by atoms with Gasteiger partial charge in [0.15, 0.2) is 0 Å². The first-order valence-electron chi connectivity index (χ1n) is 12.8. The summed E-state index contributed by atoms with van der Waals surface area (Å²) in [5, 5.41) is 3.73. The van der Waals surface area contributed by atoms with Crippen molar-refractivity contribution < 1.29 is 22.7 Å². The lowest BCUT2D eigenvalue weighted by atomic mass is 10.1. The van der Waals surface area contributed by atoms with Gasteiger partial charge in [-0.1, -0.05) is 35.3 Å². The average molecular weight is 607 g/mol. The number of hydrogen-bond donors (Lipinski definition) is 1. The van der Waals surface area contributed by atoms with E-state index >= 15 is 0 Å². The number of sulfonamides is 1. The molecular formula is C29H33Cl2N3O5S.